The SMILES string of the molecule is C[C@H]1[C@H](O)[C@@H](C)C(=O)N2CC(C2)CN(C)[C@H](C)C[C@@](C)(O)[C@@H]1O[C@@H]1O[C@H](C)C[C@H](N(C)C)[C@H]1O. The third-order valence-electron chi connectivity index (χ3n) is 8.36. The molecule has 4 heterocycles. The standard InChI is InChI=1S/C25H47N3O6/c1-14-10-25(5,32)22(34-24-21(30)19(26(6)7)9-15(2)33-24)16(3)20(29)17(4)23(31)28-12-18(13-28)11-27(14)8/h14-22,24,29-30,32H,9-13H2,1-8H3/t14-,15-,16+,17-,19+,20+,21-,22-,24+,25-/m1/s1. The predicted octanol–water partition coefficient (Wildman–Crippen LogP) is 0.364. The fraction of sp³-hybridized carbons (Fsp3) is 0.960. The zero-order valence-corrected chi connectivity index (χ0v) is 22.2. The van der Waals surface area contributed by atoms with E-state index in [4.69, 9.17) is 9.47 Å². The lowest BCUT2D eigenvalue weighted by atomic mass is 9.78. The summed E-state index contributed by atoms with van der Waals surface area (Å²) in [5.41, 5.74) is -1.33. The Morgan fingerprint density at radius 1 is 1.09 bits per heavy atom. The van der Waals surface area contributed by atoms with Crippen LogP contribution >= 0.6 is 0 Å². The second-order valence-corrected chi connectivity index (χ2v) is 11.7. The summed E-state index contributed by atoms with van der Waals surface area (Å²) < 4.78 is 12.4. The fourth-order valence-corrected chi connectivity index (χ4v) is 6.03. The zero-order valence-electron chi connectivity index (χ0n) is 22.2. The molecule has 0 aromatic heterocycles. The molecule has 34 heavy (non-hydrogen) atoms. The molecular formula is C25H47N3O6. The third kappa shape index (κ3) is 5.77. The van der Waals surface area contributed by atoms with Crippen LogP contribution in [0.25, 0.3) is 0 Å². The van der Waals surface area contributed by atoms with E-state index in [0.29, 0.717) is 31.8 Å². The number of aliphatic hydroxyl groups excluding tert-OH is 2. The van der Waals surface area contributed by atoms with Crippen LogP contribution in [0.3, 0.4) is 0 Å². The average molecular weight is 486 g/mol. The van der Waals surface area contributed by atoms with Gasteiger partial charge in [0.2, 0.25) is 5.91 Å². The summed E-state index contributed by atoms with van der Waals surface area (Å²) in [5, 5.41) is 34.0. The second kappa shape index (κ2) is 10.7. The smallest absolute Gasteiger partial charge is 0.228 e. The normalized spacial score (nSPS) is 47.5. The van der Waals surface area contributed by atoms with Crippen molar-refractivity contribution >= 4 is 5.91 Å². The first kappa shape index (κ1) is 27.8. The van der Waals surface area contributed by atoms with Crippen molar-refractivity contribution in [1.29, 1.82) is 0 Å². The van der Waals surface area contributed by atoms with Gasteiger partial charge < -0.3 is 39.5 Å². The molecule has 0 saturated carbocycles. The molecule has 0 radical (unpaired) electrons. The minimum Gasteiger partial charge on any atom is -0.392 e. The van der Waals surface area contributed by atoms with Gasteiger partial charge in [-0.1, -0.05) is 13.8 Å². The zero-order chi connectivity index (χ0) is 25.5. The van der Waals surface area contributed by atoms with Gasteiger partial charge in [-0.05, 0) is 54.8 Å². The lowest BCUT2D eigenvalue weighted by Crippen LogP contribution is -2.59. The molecule has 4 fully saturated rings. The van der Waals surface area contributed by atoms with E-state index in [1.165, 1.54) is 0 Å². The van der Waals surface area contributed by atoms with Crippen LogP contribution in [0, 0.1) is 17.8 Å². The molecule has 4 aliphatic rings. The molecule has 3 N–H and O–H groups in total. The van der Waals surface area contributed by atoms with Gasteiger partial charge in [-0.25, -0.2) is 0 Å². The van der Waals surface area contributed by atoms with E-state index in [1.54, 1.807) is 13.8 Å². The molecule has 10 atom stereocenters. The third-order valence-corrected chi connectivity index (χ3v) is 8.36. The Kier molecular flexibility index (Phi) is 8.71. The average Bonchev–Trinajstić information content (AvgIpc) is 2.72. The molecule has 4 rings (SSSR count). The van der Waals surface area contributed by atoms with Crippen LogP contribution in [0.4, 0.5) is 0 Å². The van der Waals surface area contributed by atoms with Crippen molar-refractivity contribution in [2.24, 2.45) is 17.8 Å². The topological polar surface area (TPSA) is 106 Å². The summed E-state index contributed by atoms with van der Waals surface area (Å²) in [7, 11) is 5.87. The maximum Gasteiger partial charge on any atom is 0.228 e. The molecule has 4 aliphatic heterocycles. The number of aliphatic hydroxyl groups is 3. The van der Waals surface area contributed by atoms with Crippen molar-refractivity contribution in [3.05, 3.63) is 0 Å². The number of carbonyl (C=O) groups is 1. The van der Waals surface area contributed by atoms with Crippen LogP contribution in [0.1, 0.15) is 47.5 Å². The van der Waals surface area contributed by atoms with Gasteiger partial charge in [0.15, 0.2) is 6.29 Å². The largest absolute Gasteiger partial charge is 0.392 e. The monoisotopic (exact) mass is 485 g/mol. The summed E-state index contributed by atoms with van der Waals surface area (Å²) in [4.78, 5) is 19.0. The molecule has 0 aliphatic carbocycles. The number of nitrogens with zero attached hydrogens (tertiary/aromatic N) is 3. The summed E-state index contributed by atoms with van der Waals surface area (Å²) in [6.45, 7) is 11.5. The molecule has 0 aromatic rings. The summed E-state index contributed by atoms with van der Waals surface area (Å²) >= 11 is 0. The van der Waals surface area contributed by atoms with Crippen molar-refractivity contribution in [2.45, 2.75) is 95.9 Å². The highest BCUT2D eigenvalue weighted by molar-refractivity contribution is 5.79. The number of rotatable bonds is 3. The Balaban J connectivity index is 1.91. The Bertz CT molecular complexity index is 700. The van der Waals surface area contributed by atoms with E-state index >= 15 is 0 Å². The van der Waals surface area contributed by atoms with E-state index < -0.39 is 42.0 Å². The molecule has 0 spiro atoms. The van der Waals surface area contributed by atoms with Crippen LogP contribution in [0.15, 0.2) is 0 Å². The summed E-state index contributed by atoms with van der Waals surface area (Å²) in [6.07, 6.45) is -2.78. The quantitative estimate of drug-likeness (QED) is 0.526. The first-order valence-corrected chi connectivity index (χ1v) is 12.8. The Morgan fingerprint density at radius 2 is 1.71 bits per heavy atom. The molecule has 9 nitrogen and oxygen atoms in total. The van der Waals surface area contributed by atoms with Gasteiger partial charge in [0.1, 0.15) is 6.10 Å². The van der Waals surface area contributed by atoms with E-state index in [9.17, 15) is 20.1 Å². The van der Waals surface area contributed by atoms with Crippen molar-refractivity contribution in [3.8, 4) is 0 Å². The van der Waals surface area contributed by atoms with Crippen molar-refractivity contribution in [2.75, 3.05) is 40.8 Å². The number of hydrogen-bond donors (Lipinski definition) is 3. The Labute approximate surface area is 205 Å². The van der Waals surface area contributed by atoms with Gasteiger partial charge in [0.05, 0.1) is 29.8 Å². The maximum atomic E-state index is 13.0. The first-order valence-electron chi connectivity index (χ1n) is 12.8. The van der Waals surface area contributed by atoms with Crippen LogP contribution in [0.5, 0.6) is 0 Å². The first-order chi connectivity index (χ1) is 15.7. The number of ether oxygens (including phenoxy) is 2. The molecule has 4 saturated heterocycles. The van der Waals surface area contributed by atoms with Gasteiger partial charge in [-0.2, -0.15) is 0 Å². The molecule has 198 valence electrons. The van der Waals surface area contributed by atoms with Crippen molar-refractivity contribution in [1.82, 2.24) is 14.7 Å². The predicted molar refractivity (Wildman–Crippen MR) is 129 cm³/mol. The van der Waals surface area contributed by atoms with Gasteiger partial charge in [0.25, 0.3) is 0 Å². The van der Waals surface area contributed by atoms with E-state index in [0.717, 1.165) is 6.54 Å². The molecule has 2 bridgehead atoms. The maximum absolute atomic E-state index is 13.0. The van der Waals surface area contributed by atoms with Gasteiger partial charge in [-0.15, -0.1) is 0 Å². The van der Waals surface area contributed by atoms with Gasteiger partial charge in [0, 0.05) is 43.6 Å². The summed E-state index contributed by atoms with van der Waals surface area (Å²) in [5.74, 6) is -0.875. The molecule has 1 amide bonds. The number of carbonyl (C=O) groups excluding carboxylic acids is 1. The highest BCUT2D eigenvalue weighted by Gasteiger charge is 2.49. The minimum absolute atomic E-state index is 0.0546. The minimum atomic E-state index is -1.33. The molecule has 0 aromatic carbocycles. The second-order valence-electron chi connectivity index (χ2n) is 11.7. The van der Waals surface area contributed by atoms with Crippen LogP contribution < -0.4 is 0 Å². The van der Waals surface area contributed by atoms with E-state index in [2.05, 4.69) is 11.8 Å². The highest BCUT2D eigenvalue weighted by Crippen LogP contribution is 2.36. The number of fused-ring (bicyclic) bond motifs is 9. The van der Waals surface area contributed by atoms with E-state index in [-0.39, 0.29) is 24.1 Å². The van der Waals surface area contributed by atoms with Gasteiger partial charge in [-0.3, -0.25) is 4.79 Å². The molecular weight excluding hydrogens is 438 g/mol. The van der Waals surface area contributed by atoms with Crippen LogP contribution in [-0.4, -0.2) is 125 Å². The number of hydrogen-bond acceptors (Lipinski definition) is 8. The lowest BCUT2D eigenvalue weighted by molar-refractivity contribution is -0.299. The molecule has 9 heteroatoms. The number of likely N-dealkylation sites (N-methyl/N-ethyl adjacent to an activating group) is 1. The Hall–Kier alpha value is -0.810. The Morgan fingerprint density at radius 3 is 2.29 bits per heavy atom. The molecule has 0 unspecified atom stereocenters. The van der Waals surface area contributed by atoms with E-state index in [1.807, 2.05) is 44.8 Å². The summed E-state index contributed by atoms with van der Waals surface area (Å²) in [6, 6.07) is -0.0992. The highest BCUT2D eigenvalue weighted by atomic mass is 16.7. The van der Waals surface area contributed by atoms with Crippen molar-refractivity contribution < 1.29 is 29.6 Å². The number of amides is 1. The van der Waals surface area contributed by atoms with Crippen molar-refractivity contribution in [3.63, 3.8) is 0 Å². The van der Waals surface area contributed by atoms with Gasteiger partial charge >= 0.3 is 0 Å². The lowest BCUT2D eigenvalue weighted by Gasteiger charge is -2.47. The van der Waals surface area contributed by atoms with Crippen LogP contribution in [-0.2, 0) is 14.3 Å². The fourth-order valence-electron chi connectivity index (χ4n) is 6.03. The van der Waals surface area contributed by atoms with Crippen LogP contribution in [0.2, 0.25) is 0 Å².